The molecule has 0 aliphatic rings. The lowest BCUT2D eigenvalue weighted by molar-refractivity contribution is -0.120. The maximum Gasteiger partial charge on any atom is 0.255 e. The van der Waals surface area contributed by atoms with E-state index >= 15 is 0 Å². The molecule has 0 spiro atoms. The van der Waals surface area contributed by atoms with Gasteiger partial charge in [-0.05, 0) is 38.1 Å². The molecule has 7 heteroatoms. The van der Waals surface area contributed by atoms with Gasteiger partial charge in [-0.25, -0.2) is 0 Å². The minimum absolute atomic E-state index is 0.111. The summed E-state index contributed by atoms with van der Waals surface area (Å²) in [6.07, 6.45) is 0. The van der Waals surface area contributed by atoms with Crippen molar-refractivity contribution in [3.05, 3.63) is 52.4 Å². The van der Waals surface area contributed by atoms with Gasteiger partial charge in [0.25, 0.3) is 5.91 Å². The van der Waals surface area contributed by atoms with Crippen LogP contribution in [-0.4, -0.2) is 31.5 Å². The van der Waals surface area contributed by atoms with E-state index < -0.39 is 0 Å². The Morgan fingerprint density at radius 2 is 2.00 bits per heavy atom. The number of furan rings is 1. The second-order valence-electron chi connectivity index (χ2n) is 5.17. The summed E-state index contributed by atoms with van der Waals surface area (Å²) in [6, 6.07) is 8.65. The molecule has 0 atom stereocenters. The monoisotopic (exact) mass is 350 g/mol. The van der Waals surface area contributed by atoms with E-state index in [0.29, 0.717) is 41.0 Å². The first-order valence-electron chi connectivity index (χ1n) is 7.46. The zero-order valence-corrected chi connectivity index (χ0v) is 14.3. The number of aryl methyl sites for hydroxylation is 2. The van der Waals surface area contributed by atoms with Gasteiger partial charge in [0.1, 0.15) is 23.9 Å². The quantitative estimate of drug-likeness (QED) is 0.752. The summed E-state index contributed by atoms with van der Waals surface area (Å²) in [5.41, 5.74) is 0.435. The molecule has 0 bridgehead atoms. The number of benzene rings is 1. The number of rotatable bonds is 7. The Morgan fingerprint density at radius 1 is 1.21 bits per heavy atom. The molecule has 0 aliphatic heterocycles. The van der Waals surface area contributed by atoms with E-state index in [1.165, 1.54) is 0 Å². The Balaban J connectivity index is 1.66. The lowest BCUT2D eigenvalue weighted by Crippen LogP contribution is -2.38. The van der Waals surface area contributed by atoms with Crippen LogP contribution in [0.3, 0.4) is 0 Å². The summed E-state index contributed by atoms with van der Waals surface area (Å²) in [5, 5.41) is 5.80. The van der Waals surface area contributed by atoms with Crippen molar-refractivity contribution in [2.45, 2.75) is 13.8 Å². The van der Waals surface area contributed by atoms with Crippen LogP contribution in [0.4, 0.5) is 0 Å². The van der Waals surface area contributed by atoms with E-state index in [4.69, 9.17) is 20.8 Å². The number of carbonyl (C=O) groups is 2. The highest BCUT2D eigenvalue weighted by Crippen LogP contribution is 2.16. The second-order valence-corrected chi connectivity index (χ2v) is 5.60. The highest BCUT2D eigenvalue weighted by Gasteiger charge is 2.14. The van der Waals surface area contributed by atoms with Crippen LogP contribution in [0.5, 0.6) is 5.75 Å². The van der Waals surface area contributed by atoms with Gasteiger partial charge in [0.05, 0.1) is 18.7 Å². The first-order chi connectivity index (χ1) is 11.5. The molecule has 2 amide bonds. The molecule has 0 radical (unpaired) electrons. The van der Waals surface area contributed by atoms with Crippen molar-refractivity contribution in [2.24, 2.45) is 0 Å². The third-order valence-electron chi connectivity index (χ3n) is 3.18. The van der Waals surface area contributed by atoms with Crippen LogP contribution in [0.1, 0.15) is 21.9 Å². The van der Waals surface area contributed by atoms with E-state index in [1.807, 2.05) is 0 Å². The molecule has 128 valence electrons. The summed E-state index contributed by atoms with van der Waals surface area (Å²) in [6.45, 7) is 3.98. The number of amides is 2. The van der Waals surface area contributed by atoms with Crippen molar-refractivity contribution in [3.63, 3.8) is 0 Å². The fraction of sp³-hybridized carbons (Fsp3) is 0.294. The highest BCUT2D eigenvalue weighted by atomic mass is 35.5. The van der Waals surface area contributed by atoms with E-state index in [1.54, 1.807) is 44.2 Å². The van der Waals surface area contributed by atoms with Gasteiger partial charge in [-0.1, -0.05) is 17.7 Å². The molecular formula is C17H19ClN2O4. The second kappa shape index (κ2) is 8.40. The minimum atomic E-state index is -0.338. The van der Waals surface area contributed by atoms with Crippen molar-refractivity contribution in [3.8, 4) is 5.75 Å². The SMILES string of the molecule is Cc1cc(C(=O)NCC(=O)NCCOc2cccc(Cl)c2)c(C)o1. The molecule has 0 aliphatic carbocycles. The molecule has 0 saturated heterocycles. The van der Waals surface area contributed by atoms with Crippen molar-refractivity contribution in [1.29, 1.82) is 0 Å². The predicted octanol–water partition coefficient (Wildman–Crippen LogP) is 2.47. The Kier molecular flexibility index (Phi) is 6.26. The summed E-state index contributed by atoms with van der Waals surface area (Å²) in [4.78, 5) is 23.7. The molecule has 1 heterocycles. The maximum absolute atomic E-state index is 11.9. The standard InChI is InChI=1S/C17H19ClN2O4/c1-11-8-15(12(2)24-11)17(22)20-10-16(21)19-6-7-23-14-5-3-4-13(18)9-14/h3-5,8-9H,6-7,10H2,1-2H3,(H,19,21)(H,20,22). The number of hydrogen-bond acceptors (Lipinski definition) is 4. The smallest absolute Gasteiger partial charge is 0.255 e. The fourth-order valence-corrected chi connectivity index (χ4v) is 2.27. The van der Waals surface area contributed by atoms with Gasteiger partial charge in [-0.2, -0.15) is 0 Å². The topological polar surface area (TPSA) is 80.6 Å². The zero-order valence-electron chi connectivity index (χ0n) is 13.5. The van der Waals surface area contributed by atoms with E-state index in [-0.39, 0.29) is 18.4 Å². The van der Waals surface area contributed by atoms with Gasteiger partial charge in [0, 0.05) is 5.02 Å². The first kappa shape index (κ1) is 17.9. The predicted molar refractivity (Wildman–Crippen MR) is 90.5 cm³/mol. The Labute approximate surface area is 145 Å². The Morgan fingerprint density at radius 3 is 2.67 bits per heavy atom. The third-order valence-corrected chi connectivity index (χ3v) is 3.42. The van der Waals surface area contributed by atoms with Gasteiger partial charge in [0.15, 0.2) is 0 Å². The lowest BCUT2D eigenvalue weighted by Gasteiger charge is -2.08. The highest BCUT2D eigenvalue weighted by molar-refractivity contribution is 6.30. The van der Waals surface area contributed by atoms with Gasteiger partial charge >= 0.3 is 0 Å². The van der Waals surface area contributed by atoms with Crippen LogP contribution in [0.15, 0.2) is 34.7 Å². The number of hydrogen-bond donors (Lipinski definition) is 2. The minimum Gasteiger partial charge on any atom is -0.492 e. The van der Waals surface area contributed by atoms with Crippen LogP contribution < -0.4 is 15.4 Å². The Hall–Kier alpha value is -2.47. The molecule has 2 rings (SSSR count). The molecule has 24 heavy (non-hydrogen) atoms. The fourth-order valence-electron chi connectivity index (χ4n) is 2.09. The van der Waals surface area contributed by atoms with Crippen LogP contribution >= 0.6 is 11.6 Å². The molecule has 1 aromatic heterocycles. The number of halogens is 1. The zero-order chi connectivity index (χ0) is 17.5. The average Bonchev–Trinajstić information content (AvgIpc) is 2.88. The normalized spacial score (nSPS) is 10.3. The molecular weight excluding hydrogens is 332 g/mol. The number of carbonyl (C=O) groups excluding carboxylic acids is 2. The van der Waals surface area contributed by atoms with Crippen molar-refractivity contribution < 1.29 is 18.7 Å². The number of ether oxygens (including phenoxy) is 1. The first-order valence-corrected chi connectivity index (χ1v) is 7.84. The summed E-state index contributed by atoms with van der Waals surface area (Å²) in [7, 11) is 0. The van der Waals surface area contributed by atoms with Crippen LogP contribution in [0.25, 0.3) is 0 Å². The summed E-state index contributed by atoms with van der Waals surface area (Å²) in [5.74, 6) is 1.18. The van der Waals surface area contributed by atoms with Crippen molar-refractivity contribution >= 4 is 23.4 Å². The van der Waals surface area contributed by atoms with Crippen LogP contribution in [0.2, 0.25) is 5.02 Å². The maximum atomic E-state index is 11.9. The molecule has 0 fully saturated rings. The Bertz CT molecular complexity index is 727. The van der Waals surface area contributed by atoms with Crippen molar-refractivity contribution in [2.75, 3.05) is 19.7 Å². The summed E-state index contributed by atoms with van der Waals surface area (Å²) >= 11 is 5.85. The van der Waals surface area contributed by atoms with Gasteiger partial charge < -0.3 is 19.8 Å². The molecule has 0 saturated carbocycles. The molecule has 6 nitrogen and oxygen atoms in total. The molecule has 1 aromatic carbocycles. The van der Waals surface area contributed by atoms with E-state index in [2.05, 4.69) is 10.6 Å². The third kappa shape index (κ3) is 5.31. The largest absolute Gasteiger partial charge is 0.492 e. The van der Waals surface area contributed by atoms with Gasteiger partial charge in [0.2, 0.25) is 5.91 Å². The lowest BCUT2D eigenvalue weighted by atomic mass is 10.2. The van der Waals surface area contributed by atoms with Gasteiger partial charge in [-0.3, -0.25) is 9.59 Å². The number of nitrogens with one attached hydrogen (secondary N) is 2. The average molecular weight is 351 g/mol. The molecule has 2 aromatic rings. The van der Waals surface area contributed by atoms with Crippen molar-refractivity contribution in [1.82, 2.24) is 10.6 Å². The van der Waals surface area contributed by atoms with E-state index in [0.717, 1.165) is 0 Å². The van der Waals surface area contributed by atoms with E-state index in [9.17, 15) is 9.59 Å². The molecule has 2 N–H and O–H groups in total. The molecule has 0 unspecified atom stereocenters. The van der Waals surface area contributed by atoms with Crippen LogP contribution in [-0.2, 0) is 4.79 Å². The summed E-state index contributed by atoms with van der Waals surface area (Å²) < 4.78 is 10.7. The van der Waals surface area contributed by atoms with Crippen LogP contribution in [0, 0.1) is 13.8 Å². The van der Waals surface area contributed by atoms with Gasteiger partial charge in [-0.15, -0.1) is 0 Å².